The number of hydrogen-bond donors (Lipinski definition) is 1. The Morgan fingerprint density at radius 2 is 1.94 bits per heavy atom. The van der Waals surface area contributed by atoms with Gasteiger partial charge in [-0.1, -0.05) is 12.8 Å². The first-order valence-electron chi connectivity index (χ1n) is 6.71. The van der Waals surface area contributed by atoms with Crippen LogP contribution < -0.4 is 4.90 Å². The molecule has 0 saturated heterocycles. The molecule has 0 spiro atoms. The zero-order valence-electron chi connectivity index (χ0n) is 11.4. The molecule has 1 N–H and O–H groups in total. The molecule has 18 heavy (non-hydrogen) atoms. The van der Waals surface area contributed by atoms with Crippen molar-refractivity contribution in [3.8, 4) is 0 Å². The molecule has 0 radical (unpaired) electrons. The molecule has 1 aromatic carbocycles. The summed E-state index contributed by atoms with van der Waals surface area (Å²) < 4.78 is 13.6. The molecule has 1 atom stereocenters. The molecule has 1 aliphatic carbocycles. The fraction of sp³-hybridized carbons (Fsp3) is 0.600. The third kappa shape index (κ3) is 2.51. The van der Waals surface area contributed by atoms with Gasteiger partial charge in [0.25, 0.3) is 0 Å². The van der Waals surface area contributed by atoms with Crippen molar-refractivity contribution in [3.63, 3.8) is 0 Å². The summed E-state index contributed by atoms with van der Waals surface area (Å²) in [5.74, 6) is -0.241. The highest BCUT2D eigenvalue weighted by atomic mass is 19.1. The Labute approximate surface area is 108 Å². The second kappa shape index (κ2) is 5.27. The van der Waals surface area contributed by atoms with E-state index >= 15 is 0 Å². The Hall–Kier alpha value is -1.09. The number of anilines is 1. The van der Waals surface area contributed by atoms with E-state index in [1.165, 1.54) is 31.7 Å². The van der Waals surface area contributed by atoms with E-state index in [2.05, 4.69) is 11.9 Å². The fourth-order valence-electron chi connectivity index (χ4n) is 2.81. The van der Waals surface area contributed by atoms with Crippen LogP contribution in [-0.2, 0) is 0 Å². The minimum absolute atomic E-state index is 0.241. The number of aryl methyl sites for hydroxylation is 1. The van der Waals surface area contributed by atoms with E-state index in [-0.39, 0.29) is 5.82 Å². The smallest absolute Gasteiger partial charge is 0.126 e. The molecular formula is C15H22FNO. The maximum atomic E-state index is 13.6. The molecule has 100 valence electrons. The number of aliphatic hydroxyl groups excluding tert-OH is 1. The third-order valence-electron chi connectivity index (χ3n) is 4.01. The highest BCUT2D eigenvalue weighted by molar-refractivity contribution is 5.57. The summed E-state index contributed by atoms with van der Waals surface area (Å²) in [6.07, 6.45) is 4.26. The van der Waals surface area contributed by atoms with Gasteiger partial charge in [-0.25, -0.2) is 4.39 Å². The first kappa shape index (κ1) is 13.3. The number of aliphatic hydroxyl groups is 1. The number of nitrogens with zero attached hydrogens (tertiary/aromatic N) is 1. The molecule has 1 aliphatic rings. The van der Waals surface area contributed by atoms with Crippen molar-refractivity contribution in [2.24, 2.45) is 0 Å². The van der Waals surface area contributed by atoms with Crippen LogP contribution in [0.3, 0.4) is 0 Å². The average Bonchev–Trinajstić information content (AvgIpc) is 2.84. The lowest BCUT2D eigenvalue weighted by molar-refractivity contribution is 0.199. The number of hydrogen-bond acceptors (Lipinski definition) is 2. The molecule has 2 nitrogen and oxygen atoms in total. The van der Waals surface area contributed by atoms with Gasteiger partial charge in [-0.15, -0.1) is 0 Å². The van der Waals surface area contributed by atoms with E-state index in [0.717, 1.165) is 5.69 Å². The lowest BCUT2D eigenvalue weighted by Gasteiger charge is -2.30. The molecule has 0 bridgehead atoms. The van der Waals surface area contributed by atoms with Gasteiger partial charge < -0.3 is 10.0 Å². The summed E-state index contributed by atoms with van der Waals surface area (Å²) >= 11 is 0. The highest BCUT2D eigenvalue weighted by Crippen LogP contribution is 2.33. The Morgan fingerprint density at radius 3 is 2.50 bits per heavy atom. The summed E-state index contributed by atoms with van der Waals surface area (Å²) in [7, 11) is 2.05. The van der Waals surface area contributed by atoms with Crippen LogP contribution in [0.4, 0.5) is 10.1 Å². The van der Waals surface area contributed by atoms with Crippen molar-refractivity contribution in [1.29, 1.82) is 0 Å². The third-order valence-corrected chi connectivity index (χ3v) is 4.01. The summed E-state index contributed by atoms with van der Waals surface area (Å²) in [5.41, 5.74) is 2.29. The van der Waals surface area contributed by atoms with Crippen molar-refractivity contribution < 1.29 is 9.50 Å². The molecule has 1 fully saturated rings. The largest absolute Gasteiger partial charge is 0.389 e. The van der Waals surface area contributed by atoms with Crippen molar-refractivity contribution in [3.05, 3.63) is 29.1 Å². The molecule has 0 aromatic heterocycles. The van der Waals surface area contributed by atoms with Crippen LogP contribution in [0.5, 0.6) is 0 Å². The SMILES string of the molecule is Cc1cc(N(C)C2CCCC2)c([C@H](C)O)cc1F. The van der Waals surface area contributed by atoms with Crippen molar-refractivity contribution >= 4 is 5.69 Å². The Balaban J connectivity index is 2.38. The molecule has 0 heterocycles. The minimum Gasteiger partial charge on any atom is -0.389 e. The average molecular weight is 251 g/mol. The highest BCUT2D eigenvalue weighted by Gasteiger charge is 2.23. The van der Waals surface area contributed by atoms with Crippen molar-refractivity contribution in [1.82, 2.24) is 0 Å². The first-order chi connectivity index (χ1) is 8.50. The van der Waals surface area contributed by atoms with Crippen LogP contribution in [-0.4, -0.2) is 18.2 Å². The minimum atomic E-state index is -0.640. The maximum absolute atomic E-state index is 13.6. The second-order valence-electron chi connectivity index (χ2n) is 5.39. The van der Waals surface area contributed by atoms with Gasteiger partial charge in [-0.05, 0) is 44.4 Å². The molecular weight excluding hydrogens is 229 g/mol. The predicted octanol–water partition coefficient (Wildman–Crippen LogP) is 3.57. The van der Waals surface area contributed by atoms with Crippen LogP contribution >= 0.6 is 0 Å². The van der Waals surface area contributed by atoms with E-state index in [4.69, 9.17) is 0 Å². The lowest BCUT2D eigenvalue weighted by Crippen LogP contribution is -2.30. The molecule has 0 unspecified atom stereocenters. The van der Waals surface area contributed by atoms with Gasteiger partial charge in [-0.3, -0.25) is 0 Å². The molecule has 1 aromatic rings. The van der Waals surface area contributed by atoms with Gasteiger partial charge in [0.2, 0.25) is 0 Å². The number of halogens is 1. The Bertz CT molecular complexity index is 425. The summed E-state index contributed by atoms with van der Waals surface area (Å²) in [6, 6.07) is 3.85. The van der Waals surface area contributed by atoms with Gasteiger partial charge in [0.1, 0.15) is 5.82 Å². The van der Waals surface area contributed by atoms with Crippen molar-refractivity contribution in [2.45, 2.75) is 51.7 Å². The molecule has 0 aliphatic heterocycles. The fourth-order valence-corrected chi connectivity index (χ4v) is 2.81. The summed E-state index contributed by atoms with van der Waals surface area (Å²) in [4.78, 5) is 2.21. The summed E-state index contributed by atoms with van der Waals surface area (Å²) in [6.45, 7) is 3.46. The van der Waals surface area contributed by atoms with Gasteiger partial charge >= 0.3 is 0 Å². The van der Waals surface area contributed by atoms with Crippen LogP contribution in [0.15, 0.2) is 12.1 Å². The van der Waals surface area contributed by atoms with Gasteiger partial charge in [0.15, 0.2) is 0 Å². The van der Waals surface area contributed by atoms with Crippen molar-refractivity contribution in [2.75, 3.05) is 11.9 Å². The monoisotopic (exact) mass is 251 g/mol. The number of rotatable bonds is 3. The normalized spacial score (nSPS) is 18.1. The van der Waals surface area contributed by atoms with E-state index < -0.39 is 6.10 Å². The topological polar surface area (TPSA) is 23.5 Å². The van der Waals surface area contributed by atoms with E-state index in [1.54, 1.807) is 13.8 Å². The van der Waals surface area contributed by atoms with E-state index in [1.807, 2.05) is 6.07 Å². The first-order valence-corrected chi connectivity index (χ1v) is 6.71. The zero-order chi connectivity index (χ0) is 13.3. The van der Waals surface area contributed by atoms with E-state index in [9.17, 15) is 9.50 Å². The lowest BCUT2D eigenvalue weighted by atomic mass is 10.0. The standard InChI is InChI=1S/C15H22FNO/c1-10-8-15(13(11(2)18)9-14(10)16)17(3)12-6-4-5-7-12/h8-9,11-12,18H,4-7H2,1-3H3/t11-/m0/s1. The molecule has 2 rings (SSSR count). The van der Waals surface area contributed by atoms with E-state index in [0.29, 0.717) is 17.2 Å². The van der Waals surface area contributed by atoms with Crippen LogP contribution in [0.2, 0.25) is 0 Å². The van der Waals surface area contributed by atoms with Crippen LogP contribution in [0.25, 0.3) is 0 Å². The zero-order valence-corrected chi connectivity index (χ0v) is 11.4. The number of benzene rings is 1. The van der Waals surface area contributed by atoms with Gasteiger partial charge in [0, 0.05) is 24.3 Å². The molecule has 1 saturated carbocycles. The maximum Gasteiger partial charge on any atom is 0.126 e. The summed E-state index contributed by atoms with van der Waals surface area (Å²) in [5, 5.41) is 9.82. The van der Waals surface area contributed by atoms with Gasteiger partial charge in [0.05, 0.1) is 6.10 Å². The quantitative estimate of drug-likeness (QED) is 0.887. The second-order valence-corrected chi connectivity index (χ2v) is 5.39. The Kier molecular flexibility index (Phi) is 3.91. The Morgan fingerprint density at radius 1 is 1.33 bits per heavy atom. The van der Waals surface area contributed by atoms with Crippen LogP contribution in [0, 0.1) is 12.7 Å². The van der Waals surface area contributed by atoms with Gasteiger partial charge in [-0.2, -0.15) is 0 Å². The van der Waals surface area contributed by atoms with Crippen LogP contribution in [0.1, 0.15) is 49.8 Å². The molecule has 3 heteroatoms. The predicted molar refractivity (Wildman–Crippen MR) is 72.4 cm³/mol. The molecule has 0 amide bonds.